The van der Waals surface area contributed by atoms with E-state index in [2.05, 4.69) is 5.32 Å². The minimum Gasteiger partial charge on any atom is -0.376 e. The van der Waals surface area contributed by atoms with Crippen LogP contribution in [0.1, 0.15) is 35.1 Å². The third-order valence-corrected chi connectivity index (χ3v) is 5.93. The highest BCUT2D eigenvalue weighted by atomic mass is 35.5. The number of nitro groups is 1. The van der Waals surface area contributed by atoms with Crippen LogP contribution in [-0.2, 0) is 6.18 Å². The van der Waals surface area contributed by atoms with Crippen LogP contribution in [0.2, 0.25) is 10.0 Å². The second-order valence-electron chi connectivity index (χ2n) is 6.82. The summed E-state index contributed by atoms with van der Waals surface area (Å²) in [6.45, 7) is 0. The molecule has 0 amide bonds. The Labute approximate surface area is 168 Å². The molecule has 1 N–H and O–H groups in total. The predicted molar refractivity (Wildman–Crippen MR) is 101 cm³/mol. The number of fused-ring (bicyclic) bond motifs is 3. The molecule has 0 bridgehead atoms. The highest BCUT2D eigenvalue weighted by Crippen LogP contribution is 2.55. The van der Waals surface area contributed by atoms with Gasteiger partial charge in [0.25, 0.3) is 5.69 Å². The summed E-state index contributed by atoms with van der Waals surface area (Å²) in [7, 11) is 0. The zero-order valence-corrected chi connectivity index (χ0v) is 15.6. The van der Waals surface area contributed by atoms with Crippen LogP contribution in [0.5, 0.6) is 0 Å². The average molecular weight is 429 g/mol. The highest BCUT2D eigenvalue weighted by molar-refractivity contribution is 6.33. The third-order valence-electron chi connectivity index (χ3n) is 5.30. The van der Waals surface area contributed by atoms with Crippen LogP contribution in [0.15, 0.2) is 42.5 Å². The van der Waals surface area contributed by atoms with E-state index in [1.165, 1.54) is 18.2 Å². The summed E-state index contributed by atoms with van der Waals surface area (Å²) in [5.41, 5.74) is -0.0508. The number of nitrogens with zero attached hydrogens (tertiary/aromatic N) is 1. The smallest absolute Gasteiger partial charge is 0.376 e. The maximum Gasteiger partial charge on any atom is 0.416 e. The lowest BCUT2D eigenvalue weighted by molar-refractivity contribution is -0.384. The molecule has 0 unspecified atom stereocenters. The van der Waals surface area contributed by atoms with E-state index in [9.17, 15) is 23.3 Å². The first-order valence-electron chi connectivity index (χ1n) is 8.45. The van der Waals surface area contributed by atoms with E-state index in [-0.39, 0.29) is 32.9 Å². The quantitative estimate of drug-likeness (QED) is 0.327. The molecule has 4 rings (SSSR count). The van der Waals surface area contributed by atoms with E-state index in [1.807, 2.05) is 6.08 Å². The summed E-state index contributed by atoms with van der Waals surface area (Å²) in [5.74, 6) is -0.723. The number of hydrogen-bond donors (Lipinski definition) is 1. The van der Waals surface area contributed by atoms with E-state index < -0.39 is 28.6 Å². The Balaban J connectivity index is 1.86. The first-order valence-corrected chi connectivity index (χ1v) is 9.20. The number of hydrogen-bond acceptors (Lipinski definition) is 3. The summed E-state index contributed by atoms with van der Waals surface area (Å²) in [4.78, 5) is 10.7. The minimum atomic E-state index is -4.51. The second-order valence-corrected chi connectivity index (χ2v) is 7.64. The van der Waals surface area contributed by atoms with E-state index in [4.69, 9.17) is 23.2 Å². The van der Waals surface area contributed by atoms with Gasteiger partial charge in [0.2, 0.25) is 0 Å². The van der Waals surface area contributed by atoms with Gasteiger partial charge in [0.15, 0.2) is 0 Å². The number of benzene rings is 2. The number of rotatable bonds is 2. The zero-order valence-electron chi connectivity index (χ0n) is 14.1. The summed E-state index contributed by atoms with van der Waals surface area (Å²) in [5, 5.41) is 14.5. The Kier molecular flexibility index (Phi) is 4.55. The fraction of sp³-hybridized carbons (Fsp3) is 0.263. The molecule has 0 aromatic heterocycles. The van der Waals surface area contributed by atoms with Gasteiger partial charge in [0.1, 0.15) is 5.02 Å². The lowest BCUT2D eigenvalue weighted by atomic mass is 9.75. The molecule has 28 heavy (non-hydrogen) atoms. The molecule has 2 aliphatic rings. The topological polar surface area (TPSA) is 55.2 Å². The zero-order chi connectivity index (χ0) is 20.2. The van der Waals surface area contributed by atoms with Crippen molar-refractivity contribution in [1.82, 2.24) is 0 Å². The van der Waals surface area contributed by atoms with Crippen molar-refractivity contribution in [2.24, 2.45) is 5.92 Å². The second kappa shape index (κ2) is 6.67. The average Bonchev–Trinajstić information content (AvgIpc) is 3.10. The number of alkyl halides is 3. The van der Waals surface area contributed by atoms with Crippen molar-refractivity contribution >= 4 is 34.6 Å². The van der Waals surface area contributed by atoms with E-state index in [0.717, 1.165) is 6.07 Å². The maximum atomic E-state index is 13.6. The molecule has 2 aromatic rings. The molecule has 4 nitrogen and oxygen atoms in total. The Morgan fingerprint density at radius 1 is 1.14 bits per heavy atom. The number of allylic oxidation sites excluding steroid dienone is 2. The molecule has 0 fully saturated rings. The molecule has 9 heteroatoms. The lowest BCUT2D eigenvalue weighted by Crippen LogP contribution is -2.31. The van der Waals surface area contributed by atoms with E-state index in [0.29, 0.717) is 12.0 Å². The molecule has 2 aromatic carbocycles. The number of anilines is 1. The molecule has 1 aliphatic carbocycles. The first kappa shape index (κ1) is 19.1. The van der Waals surface area contributed by atoms with Crippen molar-refractivity contribution in [2.75, 3.05) is 5.32 Å². The highest BCUT2D eigenvalue weighted by Gasteiger charge is 2.45. The number of halogens is 5. The lowest BCUT2D eigenvalue weighted by Gasteiger charge is -2.39. The van der Waals surface area contributed by atoms with Crippen LogP contribution in [0, 0.1) is 16.0 Å². The molecule has 0 spiro atoms. The van der Waals surface area contributed by atoms with Gasteiger partial charge in [-0.3, -0.25) is 10.1 Å². The van der Waals surface area contributed by atoms with Gasteiger partial charge in [-0.15, -0.1) is 0 Å². The van der Waals surface area contributed by atoms with Gasteiger partial charge in [-0.05, 0) is 41.7 Å². The van der Waals surface area contributed by atoms with Crippen LogP contribution in [0.4, 0.5) is 24.5 Å². The predicted octanol–water partition coefficient (Wildman–Crippen LogP) is 6.75. The van der Waals surface area contributed by atoms with Crippen LogP contribution >= 0.6 is 23.2 Å². The Bertz CT molecular complexity index is 1010. The molecule has 0 radical (unpaired) electrons. The molecule has 0 saturated carbocycles. The summed E-state index contributed by atoms with van der Waals surface area (Å²) < 4.78 is 40.8. The van der Waals surface area contributed by atoms with Gasteiger partial charge in [0.05, 0.1) is 27.2 Å². The van der Waals surface area contributed by atoms with Crippen molar-refractivity contribution in [3.05, 3.63) is 79.3 Å². The third kappa shape index (κ3) is 3.02. The normalized spacial score (nSPS) is 23.1. The molecule has 0 saturated heterocycles. The van der Waals surface area contributed by atoms with Crippen molar-refractivity contribution in [2.45, 2.75) is 24.6 Å². The summed E-state index contributed by atoms with van der Waals surface area (Å²) in [6.07, 6.45) is -0.372. The SMILES string of the molecule is O=[N+]([O-])c1cc([C@@H]2Nc3c(Cl)ccc(C(F)(F)F)c3[C@H]3C=CC[C@H]32)ccc1Cl. The Hall–Kier alpha value is -2.25. The minimum absolute atomic E-state index is 0.00319. The summed E-state index contributed by atoms with van der Waals surface area (Å²) in [6, 6.07) is 6.22. The van der Waals surface area contributed by atoms with Crippen LogP contribution in [0.3, 0.4) is 0 Å². The van der Waals surface area contributed by atoms with E-state index >= 15 is 0 Å². The van der Waals surface area contributed by atoms with Crippen LogP contribution in [0.25, 0.3) is 0 Å². The maximum absolute atomic E-state index is 13.6. The van der Waals surface area contributed by atoms with Crippen molar-refractivity contribution in [1.29, 1.82) is 0 Å². The van der Waals surface area contributed by atoms with Gasteiger partial charge < -0.3 is 5.32 Å². The molecule has 1 heterocycles. The standard InChI is InChI=1S/C19H13Cl2F3N2O2/c20-13-6-4-9(8-15(13)26(27)28)17-11-3-1-2-10(11)16-12(19(22,23)24)5-7-14(21)18(16)25-17/h1-2,4-8,10-11,17,25H,3H2/t10-,11+,17-/m0/s1. The largest absolute Gasteiger partial charge is 0.416 e. The van der Waals surface area contributed by atoms with E-state index in [1.54, 1.807) is 12.1 Å². The molecular weight excluding hydrogens is 416 g/mol. The van der Waals surface area contributed by atoms with Crippen molar-refractivity contribution < 1.29 is 18.1 Å². The number of nitro benzene ring substituents is 1. The monoisotopic (exact) mass is 428 g/mol. The van der Waals surface area contributed by atoms with Gasteiger partial charge in [0, 0.05) is 12.0 Å². The fourth-order valence-electron chi connectivity index (χ4n) is 4.11. The van der Waals surface area contributed by atoms with Crippen molar-refractivity contribution in [3.63, 3.8) is 0 Å². The van der Waals surface area contributed by atoms with Gasteiger partial charge >= 0.3 is 6.18 Å². The Morgan fingerprint density at radius 3 is 2.54 bits per heavy atom. The Morgan fingerprint density at radius 2 is 1.86 bits per heavy atom. The fourth-order valence-corrected chi connectivity index (χ4v) is 4.52. The van der Waals surface area contributed by atoms with Gasteiger partial charge in [-0.2, -0.15) is 13.2 Å². The summed E-state index contributed by atoms with van der Waals surface area (Å²) >= 11 is 12.1. The molecule has 146 valence electrons. The van der Waals surface area contributed by atoms with Crippen molar-refractivity contribution in [3.8, 4) is 0 Å². The first-order chi connectivity index (χ1) is 13.2. The number of nitrogens with one attached hydrogen (secondary N) is 1. The molecular formula is C19H13Cl2F3N2O2. The van der Waals surface area contributed by atoms with Gasteiger partial charge in [-0.25, -0.2) is 0 Å². The van der Waals surface area contributed by atoms with Crippen LogP contribution in [-0.4, -0.2) is 4.92 Å². The van der Waals surface area contributed by atoms with Gasteiger partial charge in [-0.1, -0.05) is 41.4 Å². The molecule has 1 aliphatic heterocycles. The van der Waals surface area contributed by atoms with Crippen LogP contribution < -0.4 is 5.32 Å². The molecule has 3 atom stereocenters.